The largest absolute Gasteiger partial charge is 0.462 e. The third kappa shape index (κ3) is 8.39. The van der Waals surface area contributed by atoms with Crippen LogP contribution in [0.3, 0.4) is 0 Å². The van der Waals surface area contributed by atoms with Gasteiger partial charge in [-0.05, 0) is 46.6 Å². The normalized spacial score (nSPS) is 22.6. The van der Waals surface area contributed by atoms with Crippen molar-refractivity contribution in [1.82, 2.24) is 5.32 Å². The fraction of sp³-hybridized carbons (Fsp3) is 0.909. The molecule has 1 aliphatic rings. The van der Waals surface area contributed by atoms with Crippen LogP contribution in [0.1, 0.15) is 34.1 Å². The smallest absolute Gasteiger partial charge is 0.293 e. The number of hydrogen-bond donors (Lipinski definition) is 2. The molecule has 0 spiro atoms. The lowest BCUT2D eigenvalue weighted by Crippen LogP contribution is -2.19. The fourth-order valence-electron chi connectivity index (χ4n) is 1.23. The molecule has 1 aliphatic heterocycles. The maximum atomic E-state index is 9.60. The summed E-state index contributed by atoms with van der Waals surface area (Å²) >= 11 is 0. The van der Waals surface area contributed by atoms with Crippen molar-refractivity contribution in [3.8, 4) is 0 Å². The molecule has 1 saturated heterocycles. The molecule has 0 amide bonds. The molecule has 4 heteroatoms. The number of aliphatic hydroxyl groups excluding tert-OH is 1. The third-order valence-electron chi connectivity index (χ3n) is 2.18. The van der Waals surface area contributed by atoms with E-state index in [1.807, 2.05) is 27.7 Å². The lowest BCUT2D eigenvalue weighted by atomic mass is 10.0. The second-order valence-electron chi connectivity index (χ2n) is 4.82. The van der Waals surface area contributed by atoms with Crippen LogP contribution in [0.15, 0.2) is 0 Å². The van der Waals surface area contributed by atoms with Crippen molar-refractivity contribution in [2.24, 2.45) is 5.92 Å². The van der Waals surface area contributed by atoms with E-state index in [0.717, 1.165) is 19.5 Å². The van der Waals surface area contributed by atoms with Gasteiger partial charge >= 0.3 is 0 Å². The summed E-state index contributed by atoms with van der Waals surface area (Å²) in [4.78, 5) is 9.60. The highest BCUT2D eigenvalue weighted by Gasteiger charge is 2.18. The van der Waals surface area contributed by atoms with Gasteiger partial charge in [-0.1, -0.05) is 0 Å². The number of carbonyl (C=O) groups excluding carboxylic acids is 1. The van der Waals surface area contributed by atoms with E-state index in [1.165, 1.54) is 0 Å². The van der Waals surface area contributed by atoms with Crippen molar-refractivity contribution in [2.75, 3.05) is 13.1 Å². The van der Waals surface area contributed by atoms with Gasteiger partial charge in [0.05, 0.1) is 6.10 Å². The Morgan fingerprint density at radius 3 is 2.27 bits per heavy atom. The minimum atomic E-state index is -0.318. The molecular formula is C11H23NO3. The van der Waals surface area contributed by atoms with Gasteiger partial charge in [0.2, 0.25) is 0 Å². The van der Waals surface area contributed by atoms with Crippen LogP contribution in [-0.2, 0) is 9.53 Å². The summed E-state index contributed by atoms with van der Waals surface area (Å²) in [6, 6.07) is 0. The van der Waals surface area contributed by atoms with Gasteiger partial charge in [0.15, 0.2) is 0 Å². The Morgan fingerprint density at radius 2 is 2.13 bits per heavy atom. The second kappa shape index (κ2) is 6.80. The van der Waals surface area contributed by atoms with E-state index in [0.29, 0.717) is 12.4 Å². The summed E-state index contributed by atoms with van der Waals surface area (Å²) in [5, 5.41) is 12.2. The van der Waals surface area contributed by atoms with Gasteiger partial charge in [0.1, 0.15) is 5.60 Å². The molecule has 0 bridgehead atoms. The topological polar surface area (TPSA) is 58.6 Å². The first-order valence-electron chi connectivity index (χ1n) is 5.37. The zero-order valence-electron chi connectivity index (χ0n) is 10.1. The van der Waals surface area contributed by atoms with Crippen molar-refractivity contribution in [3.63, 3.8) is 0 Å². The van der Waals surface area contributed by atoms with Crippen molar-refractivity contribution >= 4 is 6.47 Å². The highest BCUT2D eigenvalue weighted by molar-refractivity contribution is 5.37. The Balaban J connectivity index is 0.000000265. The molecule has 0 aromatic heterocycles. The van der Waals surface area contributed by atoms with Gasteiger partial charge in [-0.2, -0.15) is 0 Å². The standard InChI is InChI=1S/C6H13NO.C5H10O2/c1-5(8)6-2-3-7-4-6;1-5(2,3)7-4-6/h5-8H,2-4H2,1H3;4H,1-3H3/t5?,6-;/m0./s1. The minimum Gasteiger partial charge on any atom is -0.462 e. The monoisotopic (exact) mass is 217 g/mol. The maximum absolute atomic E-state index is 9.60. The van der Waals surface area contributed by atoms with Gasteiger partial charge in [0.25, 0.3) is 6.47 Å². The van der Waals surface area contributed by atoms with Crippen LogP contribution < -0.4 is 5.32 Å². The Bertz CT molecular complexity index is 169. The molecule has 1 heterocycles. The molecule has 2 N–H and O–H groups in total. The first kappa shape index (κ1) is 14.4. The van der Waals surface area contributed by atoms with Crippen LogP contribution in [0.2, 0.25) is 0 Å². The molecule has 15 heavy (non-hydrogen) atoms. The van der Waals surface area contributed by atoms with E-state index < -0.39 is 0 Å². The summed E-state index contributed by atoms with van der Waals surface area (Å²) in [6.45, 7) is 9.86. The molecule has 0 saturated carbocycles. The summed E-state index contributed by atoms with van der Waals surface area (Å²) in [7, 11) is 0. The van der Waals surface area contributed by atoms with Crippen LogP contribution in [0.5, 0.6) is 0 Å². The first-order chi connectivity index (χ1) is 6.87. The molecule has 0 aromatic carbocycles. The molecule has 1 unspecified atom stereocenters. The fourth-order valence-corrected chi connectivity index (χ4v) is 1.23. The number of ether oxygens (including phenoxy) is 1. The number of hydrogen-bond acceptors (Lipinski definition) is 4. The van der Waals surface area contributed by atoms with E-state index in [9.17, 15) is 4.79 Å². The quantitative estimate of drug-likeness (QED) is 0.676. The molecule has 0 aliphatic carbocycles. The molecule has 4 nitrogen and oxygen atoms in total. The number of rotatable bonds is 2. The SMILES string of the molecule is CC(C)(C)OC=O.CC(O)[C@H]1CCNC1. The van der Waals surface area contributed by atoms with Gasteiger partial charge in [-0.3, -0.25) is 4.79 Å². The van der Waals surface area contributed by atoms with Crippen LogP contribution in [-0.4, -0.2) is 36.4 Å². The Hall–Kier alpha value is -0.610. The zero-order chi connectivity index (χ0) is 11.9. The van der Waals surface area contributed by atoms with Gasteiger partial charge in [-0.15, -0.1) is 0 Å². The highest BCUT2D eigenvalue weighted by Crippen LogP contribution is 2.11. The zero-order valence-corrected chi connectivity index (χ0v) is 10.1. The van der Waals surface area contributed by atoms with Gasteiger partial charge in [0, 0.05) is 6.54 Å². The predicted molar refractivity (Wildman–Crippen MR) is 59.6 cm³/mol. The van der Waals surface area contributed by atoms with Gasteiger partial charge < -0.3 is 15.2 Å². The minimum absolute atomic E-state index is 0.120. The molecule has 0 radical (unpaired) electrons. The second-order valence-corrected chi connectivity index (χ2v) is 4.82. The molecular weight excluding hydrogens is 194 g/mol. The number of nitrogens with one attached hydrogen (secondary N) is 1. The average molecular weight is 217 g/mol. The summed E-state index contributed by atoms with van der Waals surface area (Å²) in [6.07, 6.45) is 1.02. The summed E-state index contributed by atoms with van der Waals surface area (Å²) in [5.74, 6) is 0.509. The number of carbonyl (C=O) groups is 1. The van der Waals surface area contributed by atoms with Crippen LogP contribution in [0.4, 0.5) is 0 Å². The van der Waals surface area contributed by atoms with E-state index in [1.54, 1.807) is 0 Å². The first-order valence-corrected chi connectivity index (χ1v) is 5.37. The summed E-state index contributed by atoms with van der Waals surface area (Å²) in [5.41, 5.74) is -0.318. The Kier molecular flexibility index (Phi) is 6.52. The molecule has 1 rings (SSSR count). The maximum Gasteiger partial charge on any atom is 0.293 e. The van der Waals surface area contributed by atoms with E-state index in [4.69, 9.17) is 5.11 Å². The van der Waals surface area contributed by atoms with Crippen molar-refractivity contribution in [2.45, 2.75) is 45.8 Å². The van der Waals surface area contributed by atoms with Crippen LogP contribution >= 0.6 is 0 Å². The average Bonchev–Trinajstić information content (AvgIpc) is 2.53. The lowest BCUT2D eigenvalue weighted by molar-refractivity contribution is -0.138. The van der Waals surface area contributed by atoms with Crippen molar-refractivity contribution in [1.29, 1.82) is 0 Å². The predicted octanol–water partition coefficient (Wildman–Crippen LogP) is 0.935. The highest BCUT2D eigenvalue weighted by atomic mass is 16.5. The van der Waals surface area contributed by atoms with E-state index in [-0.39, 0.29) is 11.7 Å². The van der Waals surface area contributed by atoms with Crippen molar-refractivity contribution < 1.29 is 14.6 Å². The summed E-state index contributed by atoms with van der Waals surface area (Å²) < 4.78 is 4.55. The van der Waals surface area contributed by atoms with Gasteiger partial charge in [-0.25, -0.2) is 0 Å². The molecule has 2 atom stereocenters. The third-order valence-corrected chi connectivity index (χ3v) is 2.18. The molecule has 90 valence electrons. The number of aliphatic hydroxyl groups is 1. The van der Waals surface area contributed by atoms with Crippen molar-refractivity contribution in [3.05, 3.63) is 0 Å². The molecule has 1 fully saturated rings. The lowest BCUT2D eigenvalue weighted by Gasteiger charge is -2.14. The van der Waals surface area contributed by atoms with Crippen LogP contribution in [0, 0.1) is 5.92 Å². The Labute approximate surface area is 92.0 Å². The Morgan fingerprint density at radius 1 is 1.53 bits per heavy atom. The molecule has 0 aromatic rings. The van der Waals surface area contributed by atoms with Crippen LogP contribution in [0.25, 0.3) is 0 Å². The van der Waals surface area contributed by atoms with E-state index in [2.05, 4.69) is 10.1 Å². The van der Waals surface area contributed by atoms with E-state index >= 15 is 0 Å².